The summed E-state index contributed by atoms with van der Waals surface area (Å²) in [6.45, 7) is 0. The second-order valence-electron chi connectivity index (χ2n) is 6.20. The molecular formula is C19H16NO4Si-. The summed E-state index contributed by atoms with van der Waals surface area (Å²) < 4.78 is 25.2. The van der Waals surface area contributed by atoms with E-state index in [-0.39, 0.29) is 0 Å². The Kier molecular flexibility index (Phi) is 2.87. The molecule has 0 bridgehead atoms. The third-order valence-electron chi connectivity index (χ3n) is 4.44. The molecule has 126 valence electrons. The van der Waals surface area contributed by atoms with Crippen LogP contribution in [0.15, 0.2) is 72.9 Å². The molecule has 6 heteroatoms. The van der Waals surface area contributed by atoms with Crippen LogP contribution in [0.4, 0.5) is 0 Å². The van der Waals surface area contributed by atoms with Crippen LogP contribution in [0.1, 0.15) is 5.69 Å². The fourth-order valence-corrected chi connectivity index (χ4v) is 6.99. The van der Waals surface area contributed by atoms with E-state index in [4.69, 9.17) is 17.7 Å². The molecule has 5 nitrogen and oxygen atoms in total. The first-order chi connectivity index (χ1) is 12.2. The van der Waals surface area contributed by atoms with E-state index in [0.717, 1.165) is 5.69 Å². The first-order valence-corrected chi connectivity index (χ1v) is 10.6. The summed E-state index contributed by atoms with van der Waals surface area (Å²) >= 11 is 0. The molecular weight excluding hydrogens is 334 g/mol. The van der Waals surface area contributed by atoms with Crippen molar-refractivity contribution in [2.45, 2.75) is 12.5 Å². The predicted octanol–water partition coefficient (Wildman–Crippen LogP) is 3.96. The van der Waals surface area contributed by atoms with E-state index in [2.05, 4.69) is 4.98 Å². The van der Waals surface area contributed by atoms with Gasteiger partial charge >= 0.3 is 145 Å². The number of hydrogen-bond acceptors (Lipinski definition) is 5. The molecule has 1 aromatic heterocycles. The fourth-order valence-electron chi connectivity index (χ4n) is 3.29. The molecule has 25 heavy (non-hydrogen) atoms. The Balaban J connectivity index is 1.54. The van der Waals surface area contributed by atoms with Crippen molar-refractivity contribution in [2.24, 2.45) is 0 Å². The summed E-state index contributed by atoms with van der Waals surface area (Å²) in [5.41, 5.74) is 0.943. The third-order valence-corrected chi connectivity index (χ3v) is 7.97. The molecule has 0 amide bonds. The van der Waals surface area contributed by atoms with Crippen molar-refractivity contribution in [3.63, 3.8) is 0 Å². The number of para-hydroxylation sites is 4. The van der Waals surface area contributed by atoms with Crippen LogP contribution in [0.25, 0.3) is 0 Å². The second-order valence-corrected chi connectivity index (χ2v) is 9.67. The van der Waals surface area contributed by atoms with Crippen LogP contribution in [-0.2, 0) is 6.42 Å². The first kappa shape index (κ1) is 14.4. The van der Waals surface area contributed by atoms with Crippen LogP contribution in [0.3, 0.4) is 0 Å². The van der Waals surface area contributed by atoms with Crippen LogP contribution in [0.2, 0.25) is 6.04 Å². The maximum absolute atomic E-state index is 6.31. The molecule has 0 fully saturated rings. The average molecular weight is 350 g/mol. The zero-order valence-electron chi connectivity index (χ0n) is 13.4. The zero-order chi connectivity index (χ0) is 16.8. The Hall–Kier alpha value is -2.99. The number of fused-ring (bicyclic) bond motifs is 2. The van der Waals surface area contributed by atoms with E-state index in [9.17, 15) is 0 Å². The van der Waals surface area contributed by atoms with Gasteiger partial charge in [-0.15, -0.1) is 0 Å². The molecule has 2 aliphatic heterocycles. The van der Waals surface area contributed by atoms with Crippen molar-refractivity contribution in [3.05, 3.63) is 78.6 Å². The van der Waals surface area contributed by atoms with E-state index in [1.165, 1.54) is 0 Å². The number of pyridine rings is 1. The summed E-state index contributed by atoms with van der Waals surface area (Å²) in [6, 6.07) is 21.4. The molecule has 0 saturated heterocycles. The van der Waals surface area contributed by atoms with Crippen molar-refractivity contribution >= 4 is 8.33 Å². The molecule has 5 rings (SSSR count). The van der Waals surface area contributed by atoms with Gasteiger partial charge in [0.1, 0.15) is 0 Å². The number of benzene rings is 2. The second kappa shape index (κ2) is 5.00. The number of nitrogens with zero attached hydrogens (tertiary/aromatic N) is 1. The summed E-state index contributed by atoms with van der Waals surface area (Å²) in [6.07, 6.45) is 2.41. The van der Waals surface area contributed by atoms with Gasteiger partial charge in [-0.2, -0.15) is 0 Å². The molecule has 2 aromatic carbocycles. The van der Waals surface area contributed by atoms with Gasteiger partial charge < -0.3 is 0 Å². The number of aryl methyl sites for hydroxylation is 1. The number of aromatic nitrogens is 1. The minimum atomic E-state index is -4.15. The predicted molar refractivity (Wildman–Crippen MR) is 93.9 cm³/mol. The number of rotatable bonds is 3. The Morgan fingerprint density at radius 1 is 0.640 bits per heavy atom. The minimum absolute atomic E-state index is 0.473. The van der Waals surface area contributed by atoms with E-state index in [1.54, 1.807) is 6.20 Å². The fraction of sp³-hybridized carbons (Fsp3) is 0.105. The Morgan fingerprint density at radius 3 is 1.56 bits per heavy atom. The van der Waals surface area contributed by atoms with Crippen molar-refractivity contribution in [3.8, 4) is 23.0 Å². The van der Waals surface area contributed by atoms with Gasteiger partial charge in [0, 0.05) is 0 Å². The molecule has 0 N–H and O–H groups in total. The molecule has 3 heterocycles. The van der Waals surface area contributed by atoms with E-state index < -0.39 is 8.33 Å². The van der Waals surface area contributed by atoms with Gasteiger partial charge in [-0.25, -0.2) is 0 Å². The molecule has 0 atom stereocenters. The molecule has 0 aliphatic carbocycles. The molecule has 1 spiro atoms. The monoisotopic (exact) mass is 350 g/mol. The third kappa shape index (κ3) is 2.26. The van der Waals surface area contributed by atoms with Gasteiger partial charge in [0.15, 0.2) is 0 Å². The first-order valence-electron chi connectivity index (χ1n) is 8.27. The number of hydrogen-bond donors (Lipinski definition) is 0. The van der Waals surface area contributed by atoms with Crippen molar-refractivity contribution in [2.75, 3.05) is 0 Å². The van der Waals surface area contributed by atoms with Gasteiger partial charge in [-0.3, -0.25) is 0 Å². The van der Waals surface area contributed by atoms with Crippen LogP contribution in [0.5, 0.6) is 23.0 Å². The standard InChI is InChI=1S/C19H16NO4Si/c1-2-9-17-16(8-1)21-25(22-17,14-12-15-7-5-6-13-20-15)23-18-10-3-4-11-19(18)24-25/h1-11,13H,12,14H2/q-1. The van der Waals surface area contributed by atoms with Crippen LogP contribution in [-0.4, -0.2) is 13.3 Å². The summed E-state index contributed by atoms with van der Waals surface area (Å²) in [5.74, 6) is 2.63. The Morgan fingerprint density at radius 2 is 1.12 bits per heavy atom. The van der Waals surface area contributed by atoms with Gasteiger partial charge in [-0.05, 0) is 0 Å². The van der Waals surface area contributed by atoms with Crippen molar-refractivity contribution in [1.82, 2.24) is 4.98 Å². The van der Waals surface area contributed by atoms with E-state index >= 15 is 0 Å². The van der Waals surface area contributed by atoms with Crippen molar-refractivity contribution in [1.29, 1.82) is 0 Å². The SMILES string of the molecule is c1ccc(CC[Si-]23(Oc4ccccc4O2)Oc2ccccc2O3)nc1. The summed E-state index contributed by atoms with van der Waals surface area (Å²) in [7, 11) is -4.15. The van der Waals surface area contributed by atoms with Gasteiger partial charge in [0.25, 0.3) is 0 Å². The molecule has 2 aliphatic rings. The Labute approximate surface area is 145 Å². The molecule has 0 unspecified atom stereocenters. The van der Waals surface area contributed by atoms with Crippen LogP contribution in [0, 0.1) is 0 Å². The molecule has 0 saturated carbocycles. The van der Waals surface area contributed by atoms with E-state index in [1.807, 2.05) is 66.7 Å². The van der Waals surface area contributed by atoms with Gasteiger partial charge in [-0.1, -0.05) is 0 Å². The molecule has 0 radical (unpaired) electrons. The quantitative estimate of drug-likeness (QED) is 0.669. The topological polar surface area (TPSA) is 49.8 Å². The van der Waals surface area contributed by atoms with Gasteiger partial charge in [0.05, 0.1) is 0 Å². The molecule has 3 aromatic rings. The van der Waals surface area contributed by atoms with Crippen LogP contribution < -0.4 is 17.7 Å². The maximum atomic E-state index is 6.31. The average Bonchev–Trinajstić information content (AvgIpc) is 3.15. The normalized spacial score (nSPS) is 19.3. The van der Waals surface area contributed by atoms with Crippen molar-refractivity contribution < 1.29 is 17.7 Å². The van der Waals surface area contributed by atoms with Gasteiger partial charge in [0.2, 0.25) is 0 Å². The van der Waals surface area contributed by atoms with E-state index in [0.29, 0.717) is 35.5 Å². The summed E-state index contributed by atoms with van der Waals surface area (Å²) in [5, 5.41) is 0. The van der Waals surface area contributed by atoms with Crippen LogP contribution >= 0.6 is 0 Å². The zero-order valence-corrected chi connectivity index (χ0v) is 14.4. The Bertz CT molecular complexity index is 834. The summed E-state index contributed by atoms with van der Waals surface area (Å²) in [4.78, 5) is 4.39.